The number of benzene rings is 2. The number of aliphatic hydroxyl groups excluding tert-OH is 1. The summed E-state index contributed by atoms with van der Waals surface area (Å²) in [4.78, 5) is 34.9. The zero-order valence-electron chi connectivity index (χ0n) is 24.1. The van der Waals surface area contributed by atoms with Gasteiger partial charge in [0.05, 0.1) is 19.0 Å². The van der Waals surface area contributed by atoms with Gasteiger partial charge in [0.15, 0.2) is 29.2 Å². The van der Waals surface area contributed by atoms with Crippen molar-refractivity contribution in [3.8, 4) is 5.75 Å². The molecule has 0 spiro atoms. The summed E-state index contributed by atoms with van der Waals surface area (Å²) < 4.78 is 68.9. The first-order valence-corrected chi connectivity index (χ1v) is 16.3. The number of ether oxygens (including phenoxy) is 2. The molecule has 18 heteroatoms. The number of carbonyl (C=O) groups excluding carboxylic acids is 1. The highest BCUT2D eigenvalue weighted by atomic mass is 32.5. The number of fused-ring (bicyclic) bond motifs is 2. The van der Waals surface area contributed by atoms with Crippen LogP contribution in [0.2, 0.25) is 0 Å². The molecule has 0 aliphatic carbocycles. The molecule has 45 heavy (non-hydrogen) atoms. The summed E-state index contributed by atoms with van der Waals surface area (Å²) in [6.45, 7) is -0.510. The van der Waals surface area contributed by atoms with Crippen molar-refractivity contribution in [2.24, 2.45) is 0 Å². The Hall–Kier alpha value is -3.60. The van der Waals surface area contributed by atoms with E-state index in [9.17, 15) is 23.5 Å². The van der Waals surface area contributed by atoms with E-state index in [1.807, 2.05) is 12.1 Å². The molecular weight excluding hydrogens is 640 g/mol. The Balaban J connectivity index is 1.48. The summed E-state index contributed by atoms with van der Waals surface area (Å²) in [5.41, 5.74) is 1.31. The van der Waals surface area contributed by atoms with Crippen LogP contribution >= 0.6 is 6.64 Å². The quantitative estimate of drug-likeness (QED) is 0.136. The summed E-state index contributed by atoms with van der Waals surface area (Å²) in [5.74, 6) is -0.845. The number of nitrogen functional groups attached to an aromatic ring is 1. The maximum absolute atomic E-state index is 15.8. The maximum Gasteiger partial charge on any atom is 0.323 e. The van der Waals surface area contributed by atoms with E-state index >= 15 is 4.39 Å². The van der Waals surface area contributed by atoms with Gasteiger partial charge in [-0.1, -0.05) is 36.4 Å². The number of anilines is 1. The molecule has 0 saturated carbocycles. The van der Waals surface area contributed by atoms with Crippen molar-refractivity contribution in [2.45, 2.75) is 63.4 Å². The summed E-state index contributed by atoms with van der Waals surface area (Å²) in [5, 5.41) is 14.9. The second kappa shape index (κ2) is 12.7. The molecule has 2 aromatic heterocycles. The number of esters is 1. The fraction of sp³-hybridized carbons (Fsp3) is 0.407. The number of imidazole rings is 1. The topological polar surface area (TPSA) is 176 Å². The Bertz CT molecular complexity index is 1820. The van der Waals surface area contributed by atoms with Crippen LogP contribution in [0.15, 0.2) is 53.6 Å². The van der Waals surface area contributed by atoms with Crippen molar-refractivity contribution in [1.82, 2.24) is 24.6 Å². The monoisotopic (exact) mass is 670 g/mol. The lowest BCUT2D eigenvalue weighted by Gasteiger charge is -2.33. The Morgan fingerprint density at radius 1 is 1.27 bits per heavy atom. The molecule has 13 nitrogen and oxygen atoms in total. The third-order valence-electron chi connectivity index (χ3n) is 6.98. The van der Waals surface area contributed by atoms with Crippen LogP contribution in [0.25, 0.3) is 21.9 Å². The standard InChI is InChI=1S/C27H30F3N6O7PS/c1-13(2)41-24(39)14(3)35-44(45,43-17-10-6-8-15-7-4-5-9-16(15)17)40-11-27(25(29)30)20(28)19(37)23(42-27)36-12-32-18-21(36)33-26(31)34-22(18)38/h4-10,12-14,19-20,23,25,37H,11H2,1-3H3,(H,35,45)(H3,31,33,34,38)/t14-,19+,20+,23+,27+,44?/m0/s1. The number of halogens is 3. The molecule has 5 N–H and O–H groups in total. The minimum absolute atomic E-state index is 0.209. The third-order valence-corrected chi connectivity index (χ3v) is 9.44. The normalized spacial score (nSPS) is 23.9. The van der Waals surface area contributed by atoms with E-state index in [4.69, 9.17) is 36.1 Å². The highest BCUT2D eigenvalue weighted by Gasteiger charge is 2.62. The van der Waals surface area contributed by atoms with Gasteiger partial charge in [0.2, 0.25) is 5.95 Å². The fourth-order valence-corrected chi connectivity index (χ4v) is 7.22. The number of aromatic nitrogens is 4. The van der Waals surface area contributed by atoms with Crippen LogP contribution in [0.3, 0.4) is 0 Å². The number of H-pyrrole nitrogens is 1. The van der Waals surface area contributed by atoms with Gasteiger partial charge in [-0.2, -0.15) is 4.98 Å². The molecule has 1 aliphatic rings. The smallest absolute Gasteiger partial charge is 0.323 e. The molecule has 1 unspecified atom stereocenters. The van der Waals surface area contributed by atoms with Crippen LogP contribution in [0.4, 0.5) is 19.1 Å². The molecule has 0 amide bonds. The second-order valence-corrected chi connectivity index (χ2v) is 13.7. The van der Waals surface area contributed by atoms with E-state index in [1.54, 1.807) is 44.2 Å². The van der Waals surface area contributed by atoms with E-state index in [-0.39, 0.29) is 22.9 Å². The first kappa shape index (κ1) is 32.8. The Morgan fingerprint density at radius 3 is 2.69 bits per heavy atom. The number of carbonyl (C=O) groups is 1. The molecular formula is C27H30F3N6O7PS. The van der Waals surface area contributed by atoms with Crippen LogP contribution in [0.1, 0.15) is 27.0 Å². The zero-order valence-corrected chi connectivity index (χ0v) is 25.8. The number of nitrogens with two attached hydrogens (primary N) is 1. The number of nitrogens with one attached hydrogen (secondary N) is 2. The molecule has 1 fully saturated rings. The summed E-state index contributed by atoms with van der Waals surface area (Å²) in [6, 6.07) is 11.0. The van der Waals surface area contributed by atoms with Gasteiger partial charge >= 0.3 is 12.6 Å². The van der Waals surface area contributed by atoms with Gasteiger partial charge in [-0.25, -0.2) is 23.2 Å². The van der Waals surface area contributed by atoms with E-state index in [1.165, 1.54) is 6.92 Å². The van der Waals surface area contributed by atoms with Crippen molar-refractivity contribution < 1.29 is 41.6 Å². The first-order valence-electron chi connectivity index (χ1n) is 13.7. The molecule has 1 saturated heterocycles. The van der Waals surface area contributed by atoms with Crippen molar-refractivity contribution in [1.29, 1.82) is 0 Å². The fourth-order valence-electron chi connectivity index (χ4n) is 4.80. The van der Waals surface area contributed by atoms with Crippen molar-refractivity contribution in [2.75, 3.05) is 12.3 Å². The Labute approximate surface area is 259 Å². The highest BCUT2D eigenvalue weighted by molar-refractivity contribution is 8.09. The predicted molar refractivity (Wildman–Crippen MR) is 161 cm³/mol. The summed E-state index contributed by atoms with van der Waals surface area (Å²) in [6.07, 6.45) is -9.80. The molecule has 0 bridgehead atoms. The summed E-state index contributed by atoms with van der Waals surface area (Å²) in [7, 11) is 0. The Kier molecular flexibility index (Phi) is 9.22. The number of aliphatic hydroxyl groups is 1. The van der Waals surface area contributed by atoms with Crippen LogP contribution in [0, 0.1) is 0 Å². The first-order chi connectivity index (χ1) is 21.2. The zero-order chi connectivity index (χ0) is 32.7. The molecule has 5 rings (SSSR count). The number of rotatable bonds is 11. The highest BCUT2D eigenvalue weighted by Crippen LogP contribution is 2.51. The average molecular weight is 671 g/mol. The number of hydrogen-bond acceptors (Lipinski definition) is 11. The third kappa shape index (κ3) is 6.41. The SMILES string of the molecule is CC(C)OC(=O)[C@H](C)NP(=S)(OC[C@@]1(C(F)F)O[C@@H](n2cnc3c(=O)[nH]c(N)nc32)[C@H](O)[C@H]1F)Oc1cccc2ccccc12. The van der Waals surface area contributed by atoms with Crippen LogP contribution < -0.4 is 20.9 Å². The van der Waals surface area contributed by atoms with Gasteiger partial charge in [0.25, 0.3) is 12.0 Å². The lowest BCUT2D eigenvalue weighted by molar-refractivity contribution is -0.181. The summed E-state index contributed by atoms with van der Waals surface area (Å²) >= 11 is 5.68. The molecule has 3 heterocycles. The number of nitrogens with zero attached hydrogens (tertiary/aromatic N) is 3. The van der Waals surface area contributed by atoms with Crippen LogP contribution in [-0.4, -0.2) is 73.6 Å². The largest absolute Gasteiger partial charge is 0.462 e. The molecule has 2 aromatic carbocycles. The van der Waals surface area contributed by atoms with E-state index in [0.717, 1.165) is 16.3 Å². The minimum Gasteiger partial charge on any atom is -0.462 e. The van der Waals surface area contributed by atoms with E-state index in [0.29, 0.717) is 5.39 Å². The van der Waals surface area contributed by atoms with Crippen LogP contribution in [-0.2, 0) is 30.6 Å². The molecule has 1 aliphatic heterocycles. The number of hydrogen-bond donors (Lipinski definition) is 4. The number of aromatic amines is 1. The van der Waals surface area contributed by atoms with Gasteiger partial charge in [-0.3, -0.25) is 19.1 Å². The molecule has 0 radical (unpaired) electrons. The van der Waals surface area contributed by atoms with Gasteiger partial charge in [-0.05, 0) is 44.0 Å². The molecule has 242 valence electrons. The van der Waals surface area contributed by atoms with E-state index < -0.39 is 67.5 Å². The molecule has 6 atom stereocenters. The number of alkyl halides is 3. The van der Waals surface area contributed by atoms with Crippen molar-refractivity contribution in [3.05, 3.63) is 59.1 Å². The van der Waals surface area contributed by atoms with Gasteiger partial charge in [-0.15, -0.1) is 0 Å². The average Bonchev–Trinajstić information content (AvgIpc) is 3.51. The van der Waals surface area contributed by atoms with Crippen molar-refractivity contribution >= 4 is 52.3 Å². The Morgan fingerprint density at radius 2 is 1.98 bits per heavy atom. The van der Waals surface area contributed by atoms with Gasteiger partial charge in [0, 0.05) is 5.39 Å². The van der Waals surface area contributed by atoms with Crippen LogP contribution in [0.5, 0.6) is 5.75 Å². The lowest BCUT2D eigenvalue weighted by Crippen LogP contribution is -2.51. The maximum atomic E-state index is 15.8. The molecule has 4 aromatic rings. The lowest BCUT2D eigenvalue weighted by atomic mass is 9.98. The minimum atomic E-state index is -3.98. The predicted octanol–water partition coefficient (Wildman–Crippen LogP) is 3.34. The van der Waals surface area contributed by atoms with Gasteiger partial charge in [0.1, 0.15) is 17.9 Å². The van der Waals surface area contributed by atoms with Gasteiger partial charge < -0.3 is 29.4 Å². The van der Waals surface area contributed by atoms with E-state index in [2.05, 4.69) is 20.0 Å². The van der Waals surface area contributed by atoms with Crippen molar-refractivity contribution in [3.63, 3.8) is 0 Å². The second-order valence-electron chi connectivity index (χ2n) is 10.6.